The van der Waals surface area contributed by atoms with Crippen molar-refractivity contribution in [3.8, 4) is 0 Å². The van der Waals surface area contributed by atoms with Gasteiger partial charge in [-0.3, -0.25) is 0 Å². The van der Waals surface area contributed by atoms with Crippen LogP contribution in [-0.4, -0.2) is 24.3 Å². The molecule has 3 heteroatoms. The van der Waals surface area contributed by atoms with E-state index in [9.17, 15) is 0 Å². The van der Waals surface area contributed by atoms with Gasteiger partial charge < -0.3 is 4.81 Å². The second-order valence-electron chi connectivity index (χ2n) is 4.45. The first-order valence-corrected chi connectivity index (χ1v) is 6.30. The number of rotatable bonds is 4. The van der Waals surface area contributed by atoms with E-state index in [4.69, 9.17) is 0 Å². The van der Waals surface area contributed by atoms with Gasteiger partial charge in [-0.2, -0.15) is 0 Å². The first-order chi connectivity index (χ1) is 7.02. The van der Waals surface area contributed by atoms with Crippen molar-refractivity contribution >= 4 is 28.8 Å². The van der Waals surface area contributed by atoms with Gasteiger partial charge in [0.15, 0.2) is 0 Å². The lowest BCUT2D eigenvalue weighted by atomic mass is 9.78. The van der Waals surface area contributed by atoms with Gasteiger partial charge >= 0.3 is 0 Å². The zero-order valence-corrected chi connectivity index (χ0v) is 11.6. The third-order valence-corrected chi connectivity index (χ3v) is 3.41. The number of hydrogen-bond acceptors (Lipinski definition) is 1. The monoisotopic (exact) mass is 267 g/mol. The molecule has 0 bridgehead atoms. The van der Waals surface area contributed by atoms with Crippen molar-refractivity contribution in [1.29, 1.82) is 0 Å². The van der Waals surface area contributed by atoms with Crippen LogP contribution in [0.15, 0.2) is 28.7 Å². The van der Waals surface area contributed by atoms with Crippen LogP contribution < -0.4 is 5.46 Å². The molecule has 1 nitrogen and oxygen atoms in total. The average Bonchev–Trinajstić information content (AvgIpc) is 2.15. The first-order valence-electron chi connectivity index (χ1n) is 5.51. The predicted molar refractivity (Wildman–Crippen MR) is 73.0 cm³/mol. The summed E-state index contributed by atoms with van der Waals surface area (Å²) in [5.41, 5.74) is 1.36. The third kappa shape index (κ3) is 3.65. The van der Waals surface area contributed by atoms with Crippen LogP contribution in [0, 0.1) is 0 Å². The molecule has 0 heterocycles. The van der Waals surface area contributed by atoms with E-state index in [0.29, 0.717) is 12.1 Å². The summed E-state index contributed by atoms with van der Waals surface area (Å²) in [6.07, 6.45) is 0. The fourth-order valence-corrected chi connectivity index (χ4v) is 2.19. The maximum Gasteiger partial charge on any atom is 0.240 e. The number of nitrogens with zero attached hydrogens (tertiary/aromatic N) is 1. The summed E-state index contributed by atoms with van der Waals surface area (Å²) in [4.78, 5) is 2.49. The van der Waals surface area contributed by atoms with Crippen molar-refractivity contribution in [2.75, 3.05) is 0 Å². The molecule has 0 aromatic heterocycles. The van der Waals surface area contributed by atoms with E-state index in [-0.39, 0.29) is 0 Å². The second-order valence-corrected chi connectivity index (χ2v) is 5.31. The Kier molecular flexibility index (Phi) is 4.87. The molecule has 0 spiro atoms. The summed E-state index contributed by atoms with van der Waals surface area (Å²) < 4.78 is 1.20. The van der Waals surface area contributed by atoms with Crippen LogP contribution in [0.4, 0.5) is 0 Å². The van der Waals surface area contributed by atoms with Gasteiger partial charge in [-0.05, 0) is 18.2 Å². The molecule has 0 saturated carbocycles. The fourth-order valence-electron chi connectivity index (χ4n) is 1.78. The largest absolute Gasteiger partial charge is 0.336 e. The standard InChI is InChI=1S/C12H19BBrN/c1-9(2)15(10(3)4)13-11-7-5-6-8-12(11)14/h5-10,13H,1-4H3. The Morgan fingerprint density at radius 1 is 1.07 bits per heavy atom. The van der Waals surface area contributed by atoms with Crippen LogP contribution in [0.1, 0.15) is 27.7 Å². The van der Waals surface area contributed by atoms with E-state index in [1.165, 1.54) is 9.94 Å². The van der Waals surface area contributed by atoms with Gasteiger partial charge in [-0.15, -0.1) is 0 Å². The molecule has 1 rings (SSSR count). The molecule has 0 aliphatic rings. The van der Waals surface area contributed by atoms with Crippen molar-refractivity contribution < 1.29 is 0 Å². The summed E-state index contributed by atoms with van der Waals surface area (Å²) in [7, 11) is 1.01. The summed E-state index contributed by atoms with van der Waals surface area (Å²) in [6, 6.07) is 9.60. The Morgan fingerprint density at radius 2 is 1.60 bits per heavy atom. The summed E-state index contributed by atoms with van der Waals surface area (Å²) in [5.74, 6) is 0. The minimum Gasteiger partial charge on any atom is -0.336 e. The van der Waals surface area contributed by atoms with Gasteiger partial charge in [0, 0.05) is 4.47 Å². The molecule has 1 aromatic carbocycles. The molecule has 0 atom stereocenters. The Balaban J connectivity index is 2.79. The van der Waals surface area contributed by atoms with Crippen LogP contribution >= 0.6 is 15.9 Å². The Labute approximate surface area is 102 Å². The molecule has 1 aromatic rings. The second kappa shape index (κ2) is 5.71. The highest BCUT2D eigenvalue weighted by Crippen LogP contribution is 2.08. The lowest BCUT2D eigenvalue weighted by molar-refractivity contribution is 0.315. The number of benzene rings is 1. The van der Waals surface area contributed by atoms with Crippen molar-refractivity contribution in [2.45, 2.75) is 39.8 Å². The van der Waals surface area contributed by atoms with Gasteiger partial charge in [0.2, 0.25) is 7.41 Å². The van der Waals surface area contributed by atoms with Gasteiger partial charge in [-0.1, -0.05) is 67.3 Å². The Morgan fingerprint density at radius 3 is 2.07 bits per heavy atom. The number of hydrogen-bond donors (Lipinski definition) is 0. The molecular weight excluding hydrogens is 249 g/mol. The maximum absolute atomic E-state index is 3.60. The quantitative estimate of drug-likeness (QED) is 0.758. The van der Waals surface area contributed by atoms with E-state index < -0.39 is 0 Å². The van der Waals surface area contributed by atoms with E-state index in [2.05, 4.69) is 72.7 Å². The smallest absolute Gasteiger partial charge is 0.240 e. The van der Waals surface area contributed by atoms with Crippen LogP contribution in [0.5, 0.6) is 0 Å². The molecule has 0 aliphatic carbocycles. The van der Waals surface area contributed by atoms with E-state index >= 15 is 0 Å². The molecular formula is C12H19BBrN. The summed E-state index contributed by atoms with van der Waals surface area (Å²) in [5, 5.41) is 0. The molecule has 0 radical (unpaired) electrons. The number of halogens is 1. The molecule has 0 fully saturated rings. The van der Waals surface area contributed by atoms with Crippen molar-refractivity contribution in [2.24, 2.45) is 0 Å². The minimum atomic E-state index is 0.581. The third-order valence-electron chi connectivity index (χ3n) is 2.64. The normalized spacial score (nSPS) is 11.5. The molecule has 0 saturated heterocycles. The minimum absolute atomic E-state index is 0.581. The Bertz CT molecular complexity index is 304. The SMILES string of the molecule is CC(C)N(Bc1ccccc1Br)C(C)C. The van der Waals surface area contributed by atoms with Crippen LogP contribution in [-0.2, 0) is 0 Å². The summed E-state index contributed by atoms with van der Waals surface area (Å²) in [6.45, 7) is 8.99. The van der Waals surface area contributed by atoms with Gasteiger partial charge in [0.05, 0.1) is 0 Å². The average molecular weight is 268 g/mol. The lowest BCUT2D eigenvalue weighted by Gasteiger charge is -2.30. The van der Waals surface area contributed by atoms with Gasteiger partial charge in [0.1, 0.15) is 0 Å². The first kappa shape index (κ1) is 12.8. The molecule has 0 N–H and O–H groups in total. The molecule has 15 heavy (non-hydrogen) atoms. The lowest BCUT2D eigenvalue weighted by Crippen LogP contribution is -2.45. The molecule has 82 valence electrons. The molecule has 0 aliphatic heterocycles. The fraction of sp³-hybridized carbons (Fsp3) is 0.500. The zero-order valence-electron chi connectivity index (χ0n) is 10.00. The summed E-state index contributed by atoms with van der Waals surface area (Å²) >= 11 is 3.60. The predicted octanol–water partition coefficient (Wildman–Crippen LogP) is 2.54. The van der Waals surface area contributed by atoms with Crippen LogP contribution in [0.3, 0.4) is 0 Å². The maximum atomic E-state index is 3.60. The molecule has 0 amide bonds. The zero-order chi connectivity index (χ0) is 11.4. The van der Waals surface area contributed by atoms with Crippen LogP contribution in [0.25, 0.3) is 0 Å². The van der Waals surface area contributed by atoms with Crippen molar-refractivity contribution in [1.82, 2.24) is 4.81 Å². The van der Waals surface area contributed by atoms with Crippen LogP contribution in [0.2, 0.25) is 0 Å². The van der Waals surface area contributed by atoms with Gasteiger partial charge in [0.25, 0.3) is 0 Å². The Hall–Kier alpha value is -0.275. The van der Waals surface area contributed by atoms with Crippen molar-refractivity contribution in [3.05, 3.63) is 28.7 Å². The van der Waals surface area contributed by atoms with Crippen molar-refractivity contribution in [3.63, 3.8) is 0 Å². The van der Waals surface area contributed by atoms with E-state index in [1.54, 1.807) is 0 Å². The van der Waals surface area contributed by atoms with E-state index in [0.717, 1.165) is 7.41 Å². The van der Waals surface area contributed by atoms with E-state index in [1.807, 2.05) is 0 Å². The highest BCUT2D eigenvalue weighted by molar-refractivity contribution is 9.10. The highest BCUT2D eigenvalue weighted by Gasteiger charge is 2.16. The highest BCUT2D eigenvalue weighted by atomic mass is 79.9. The van der Waals surface area contributed by atoms with Gasteiger partial charge in [-0.25, -0.2) is 0 Å². The topological polar surface area (TPSA) is 3.24 Å². The molecule has 0 unspecified atom stereocenters.